The second kappa shape index (κ2) is 8.07. The number of carbonyl (C=O) groups is 1. The van der Waals surface area contributed by atoms with Crippen LogP contribution in [0.5, 0.6) is 0 Å². The van der Waals surface area contributed by atoms with Crippen molar-refractivity contribution in [3.8, 4) is 0 Å². The highest BCUT2D eigenvalue weighted by Crippen LogP contribution is 2.09. The molecule has 1 aliphatic heterocycles. The lowest BCUT2D eigenvalue weighted by molar-refractivity contribution is -0.131. The first-order chi connectivity index (χ1) is 8.32. The summed E-state index contributed by atoms with van der Waals surface area (Å²) in [6.45, 7) is 5.47. The number of amides is 1. The Labute approximate surface area is 122 Å². The van der Waals surface area contributed by atoms with E-state index in [2.05, 4.69) is 5.32 Å². The van der Waals surface area contributed by atoms with E-state index < -0.39 is 9.84 Å². The maximum absolute atomic E-state index is 11.9. The number of carbonyl (C=O) groups excluding carboxylic acids is 1. The lowest BCUT2D eigenvalue weighted by Gasteiger charge is -2.23. The molecule has 114 valence electrons. The Balaban J connectivity index is 0.00000324. The summed E-state index contributed by atoms with van der Waals surface area (Å²) in [6, 6.07) is 0.213. The van der Waals surface area contributed by atoms with Crippen molar-refractivity contribution in [1.82, 2.24) is 10.2 Å². The zero-order valence-corrected chi connectivity index (χ0v) is 13.5. The highest BCUT2D eigenvalue weighted by Gasteiger charge is 2.24. The Hall–Kier alpha value is -0.330. The molecule has 0 bridgehead atoms. The molecular formula is C12H25ClN2O3S. The monoisotopic (exact) mass is 312 g/mol. The zero-order valence-electron chi connectivity index (χ0n) is 11.9. The lowest BCUT2D eigenvalue weighted by Crippen LogP contribution is -2.39. The zero-order chi connectivity index (χ0) is 13.8. The van der Waals surface area contributed by atoms with Gasteiger partial charge < -0.3 is 10.2 Å². The van der Waals surface area contributed by atoms with Crippen LogP contribution in [0, 0.1) is 5.92 Å². The molecule has 0 spiro atoms. The van der Waals surface area contributed by atoms with Crippen LogP contribution in [0.3, 0.4) is 0 Å². The quantitative estimate of drug-likeness (QED) is 0.783. The second-order valence-corrected chi connectivity index (χ2v) is 7.64. The number of nitrogens with one attached hydrogen (secondary N) is 1. The van der Waals surface area contributed by atoms with Crippen molar-refractivity contribution in [2.75, 3.05) is 31.6 Å². The van der Waals surface area contributed by atoms with Gasteiger partial charge in [-0.25, -0.2) is 8.42 Å². The molecule has 1 heterocycles. The van der Waals surface area contributed by atoms with E-state index in [-0.39, 0.29) is 48.2 Å². The van der Waals surface area contributed by atoms with Crippen LogP contribution in [-0.4, -0.2) is 56.9 Å². The molecule has 0 aliphatic carbocycles. The van der Waals surface area contributed by atoms with Gasteiger partial charge in [0.2, 0.25) is 5.91 Å². The maximum Gasteiger partial charge on any atom is 0.223 e. The highest BCUT2D eigenvalue weighted by atomic mass is 35.5. The third-order valence-electron chi connectivity index (χ3n) is 3.19. The van der Waals surface area contributed by atoms with Crippen LogP contribution in [0.15, 0.2) is 0 Å². The molecule has 1 atom stereocenters. The molecule has 1 saturated heterocycles. The average Bonchev–Trinajstić information content (AvgIpc) is 2.76. The number of halogens is 1. The fraction of sp³-hybridized carbons (Fsp3) is 0.917. The molecule has 1 unspecified atom stereocenters. The van der Waals surface area contributed by atoms with Crippen molar-refractivity contribution in [3.05, 3.63) is 0 Å². The van der Waals surface area contributed by atoms with Gasteiger partial charge in [-0.3, -0.25) is 4.79 Å². The summed E-state index contributed by atoms with van der Waals surface area (Å²) in [4.78, 5) is 13.6. The van der Waals surface area contributed by atoms with E-state index in [1.807, 2.05) is 13.8 Å². The smallest absolute Gasteiger partial charge is 0.223 e. The van der Waals surface area contributed by atoms with Crippen molar-refractivity contribution >= 4 is 28.2 Å². The average molecular weight is 313 g/mol. The maximum atomic E-state index is 11.9. The molecule has 1 aliphatic rings. The molecule has 0 saturated carbocycles. The number of hydrogen-bond donors (Lipinski definition) is 1. The molecule has 0 aromatic rings. The fourth-order valence-electron chi connectivity index (χ4n) is 2.18. The number of nitrogens with zero attached hydrogens (tertiary/aromatic N) is 1. The minimum absolute atomic E-state index is 0. The number of rotatable bonds is 6. The Morgan fingerprint density at radius 1 is 1.42 bits per heavy atom. The van der Waals surface area contributed by atoms with Crippen LogP contribution in [-0.2, 0) is 14.6 Å². The van der Waals surface area contributed by atoms with Crippen molar-refractivity contribution < 1.29 is 13.2 Å². The summed E-state index contributed by atoms with van der Waals surface area (Å²) in [7, 11) is -1.34. The minimum Gasteiger partial charge on any atom is -0.341 e. The Bertz CT molecular complexity index is 378. The van der Waals surface area contributed by atoms with E-state index >= 15 is 0 Å². The fourth-order valence-corrected chi connectivity index (χ4v) is 3.85. The van der Waals surface area contributed by atoms with Gasteiger partial charge in [0.05, 0.1) is 11.5 Å². The summed E-state index contributed by atoms with van der Waals surface area (Å²) in [6.07, 6.45) is 1.04. The SMILES string of the molecule is CC(C)CS(=O)(=O)CCC(=O)N(C)C1CCNC1.Cl. The molecule has 0 aromatic heterocycles. The number of hydrogen-bond acceptors (Lipinski definition) is 4. The first kappa shape index (κ1) is 18.7. The van der Waals surface area contributed by atoms with Gasteiger partial charge in [0, 0.05) is 26.1 Å². The van der Waals surface area contributed by atoms with Crippen LogP contribution < -0.4 is 5.32 Å². The molecule has 0 radical (unpaired) electrons. The number of likely N-dealkylation sites (N-methyl/N-ethyl adjacent to an activating group) is 1. The topological polar surface area (TPSA) is 66.5 Å². The van der Waals surface area contributed by atoms with E-state index in [9.17, 15) is 13.2 Å². The normalized spacial score (nSPS) is 19.3. The van der Waals surface area contributed by atoms with E-state index in [4.69, 9.17) is 0 Å². The minimum atomic E-state index is -3.10. The predicted molar refractivity (Wildman–Crippen MR) is 79.4 cm³/mol. The van der Waals surface area contributed by atoms with E-state index in [1.165, 1.54) is 0 Å². The molecule has 1 amide bonds. The summed E-state index contributed by atoms with van der Waals surface area (Å²) in [5.74, 6) is 0.168. The molecule has 1 fully saturated rings. The van der Waals surface area contributed by atoms with Crippen LogP contribution >= 0.6 is 12.4 Å². The van der Waals surface area contributed by atoms with Gasteiger partial charge in [-0.05, 0) is 18.9 Å². The van der Waals surface area contributed by atoms with Gasteiger partial charge in [0.25, 0.3) is 0 Å². The van der Waals surface area contributed by atoms with Gasteiger partial charge >= 0.3 is 0 Å². The summed E-state index contributed by atoms with van der Waals surface area (Å²) in [5, 5.41) is 3.19. The molecule has 0 aromatic carbocycles. The highest BCUT2D eigenvalue weighted by molar-refractivity contribution is 7.91. The second-order valence-electron chi connectivity index (χ2n) is 5.41. The van der Waals surface area contributed by atoms with Gasteiger partial charge in [0.1, 0.15) is 0 Å². The predicted octanol–water partition coefficient (Wildman–Crippen LogP) is 0.689. The van der Waals surface area contributed by atoms with Gasteiger partial charge in [-0.15, -0.1) is 12.4 Å². The molecule has 19 heavy (non-hydrogen) atoms. The first-order valence-corrected chi connectivity index (χ1v) is 8.31. The van der Waals surface area contributed by atoms with Crippen molar-refractivity contribution in [1.29, 1.82) is 0 Å². The van der Waals surface area contributed by atoms with Crippen LogP contribution in [0.1, 0.15) is 26.7 Å². The van der Waals surface area contributed by atoms with Crippen molar-refractivity contribution in [3.63, 3.8) is 0 Å². The Kier molecular flexibility index (Phi) is 7.93. The molecule has 1 rings (SSSR count). The van der Waals surface area contributed by atoms with Crippen LogP contribution in [0.25, 0.3) is 0 Å². The van der Waals surface area contributed by atoms with Crippen LogP contribution in [0.2, 0.25) is 0 Å². The largest absolute Gasteiger partial charge is 0.341 e. The summed E-state index contributed by atoms with van der Waals surface area (Å²) < 4.78 is 23.4. The first-order valence-electron chi connectivity index (χ1n) is 6.48. The van der Waals surface area contributed by atoms with Gasteiger partial charge in [-0.2, -0.15) is 0 Å². The molecule has 5 nitrogen and oxygen atoms in total. The van der Waals surface area contributed by atoms with Gasteiger partial charge in [-0.1, -0.05) is 13.8 Å². The van der Waals surface area contributed by atoms with Crippen molar-refractivity contribution in [2.45, 2.75) is 32.7 Å². The van der Waals surface area contributed by atoms with E-state index in [0.29, 0.717) is 0 Å². The molecule has 7 heteroatoms. The van der Waals surface area contributed by atoms with Gasteiger partial charge in [0.15, 0.2) is 9.84 Å². The lowest BCUT2D eigenvalue weighted by atomic mass is 10.2. The third-order valence-corrected chi connectivity index (χ3v) is 5.19. The Morgan fingerprint density at radius 3 is 2.53 bits per heavy atom. The summed E-state index contributed by atoms with van der Waals surface area (Å²) >= 11 is 0. The summed E-state index contributed by atoms with van der Waals surface area (Å²) in [5.41, 5.74) is 0. The van der Waals surface area contributed by atoms with E-state index in [0.717, 1.165) is 19.5 Å². The standard InChI is InChI=1S/C12H24N2O3S.ClH/c1-10(2)9-18(16,17)7-5-12(15)14(3)11-4-6-13-8-11;/h10-11,13H,4-9H2,1-3H3;1H. The Morgan fingerprint density at radius 2 is 2.05 bits per heavy atom. The van der Waals surface area contributed by atoms with Crippen LogP contribution in [0.4, 0.5) is 0 Å². The van der Waals surface area contributed by atoms with Crippen molar-refractivity contribution in [2.24, 2.45) is 5.92 Å². The molecule has 1 N–H and O–H groups in total. The van der Waals surface area contributed by atoms with E-state index in [1.54, 1.807) is 11.9 Å². The number of sulfone groups is 1. The third kappa shape index (κ3) is 6.58. The molecular weight excluding hydrogens is 288 g/mol.